The molecule has 6 heteroatoms. The summed E-state index contributed by atoms with van der Waals surface area (Å²) in [6, 6.07) is 20.1. The Morgan fingerprint density at radius 1 is 0.880 bits per heavy atom. The summed E-state index contributed by atoms with van der Waals surface area (Å²) in [5.41, 5.74) is 3.64. The fourth-order valence-corrected chi connectivity index (χ4v) is 4.30. The van der Waals surface area contributed by atoms with E-state index in [-0.39, 0.29) is 0 Å². The van der Waals surface area contributed by atoms with Crippen molar-refractivity contribution in [1.29, 1.82) is 0 Å². The van der Waals surface area contributed by atoms with Crippen LogP contribution < -0.4 is 0 Å². The van der Waals surface area contributed by atoms with Gasteiger partial charge in [0.15, 0.2) is 0 Å². The van der Waals surface area contributed by atoms with Gasteiger partial charge in [-0.25, -0.2) is 4.98 Å². The van der Waals surface area contributed by atoms with Gasteiger partial charge in [0.05, 0.1) is 0 Å². The zero-order valence-corrected chi connectivity index (χ0v) is 15.6. The number of hydrogen-bond acceptors (Lipinski definition) is 4. The fourth-order valence-electron chi connectivity index (χ4n) is 2.59. The van der Waals surface area contributed by atoms with Crippen LogP contribution >= 0.6 is 35.0 Å². The molecule has 0 aliphatic heterocycles. The van der Waals surface area contributed by atoms with Gasteiger partial charge in [-0.3, -0.25) is 0 Å². The quantitative estimate of drug-likeness (QED) is 0.428. The molecule has 4 rings (SSSR count). The molecular weight excluding hydrogens is 373 g/mol. The van der Waals surface area contributed by atoms with E-state index in [9.17, 15) is 0 Å². The van der Waals surface area contributed by atoms with Crippen LogP contribution in [0.15, 0.2) is 65.8 Å². The van der Waals surface area contributed by atoms with Crippen molar-refractivity contribution in [2.45, 2.75) is 15.9 Å². The van der Waals surface area contributed by atoms with Crippen molar-refractivity contribution < 1.29 is 0 Å². The van der Waals surface area contributed by atoms with Crippen LogP contribution in [0.2, 0.25) is 0 Å². The number of aromatic nitrogens is 3. The Hall–Kier alpha value is -1.62. The van der Waals surface area contributed by atoms with Crippen molar-refractivity contribution in [3.8, 4) is 22.5 Å². The topological polar surface area (TPSA) is 38.7 Å². The third-order valence-corrected chi connectivity index (χ3v) is 6.06. The molecule has 1 atom stereocenters. The van der Waals surface area contributed by atoms with E-state index in [1.807, 2.05) is 60.7 Å². The molecule has 3 nitrogen and oxygen atoms in total. The smallest absolute Gasteiger partial charge is 0.209 e. The average Bonchev–Trinajstić information content (AvgIpc) is 3.28. The maximum Gasteiger partial charge on any atom is 0.209 e. The Balaban J connectivity index is 1.68. The minimum absolute atomic E-state index is 0.290. The Morgan fingerprint density at radius 2 is 1.44 bits per heavy atom. The van der Waals surface area contributed by atoms with Gasteiger partial charge < -0.3 is 0 Å². The monoisotopic (exact) mass is 387 g/mol. The molecule has 0 spiro atoms. The van der Waals surface area contributed by atoms with E-state index < -0.39 is 4.33 Å². The second-order valence-corrected chi connectivity index (χ2v) is 8.53. The van der Waals surface area contributed by atoms with Crippen LogP contribution in [0.3, 0.4) is 0 Å². The molecule has 25 heavy (non-hydrogen) atoms. The summed E-state index contributed by atoms with van der Waals surface area (Å²) in [6.45, 7) is 0. The van der Waals surface area contributed by atoms with Gasteiger partial charge >= 0.3 is 0 Å². The predicted octanol–water partition coefficient (Wildman–Crippen LogP) is 5.49. The Kier molecular flexibility index (Phi) is 4.67. The maximum absolute atomic E-state index is 6.10. The zero-order valence-electron chi connectivity index (χ0n) is 13.3. The number of nitrogens with zero attached hydrogens (tertiary/aromatic N) is 3. The van der Waals surface area contributed by atoms with E-state index >= 15 is 0 Å². The van der Waals surface area contributed by atoms with Gasteiger partial charge in [0.1, 0.15) is 15.7 Å². The largest absolute Gasteiger partial charge is 0.219 e. The molecule has 1 unspecified atom stereocenters. The minimum Gasteiger partial charge on any atom is -0.219 e. The Morgan fingerprint density at radius 3 is 2.00 bits per heavy atom. The number of halogens is 2. The molecule has 126 valence electrons. The maximum atomic E-state index is 6.10. The number of alkyl halides is 2. The molecule has 0 N–H and O–H groups in total. The van der Waals surface area contributed by atoms with Crippen LogP contribution in [-0.4, -0.2) is 25.3 Å². The van der Waals surface area contributed by atoms with Gasteiger partial charge in [-0.2, -0.15) is 0 Å². The summed E-state index contributed by atoms with van der Waals surface area (Å²) in [5.74, 6) is 1.09. The van der Waals surface area contributed by atoms with Gasteiger partial charge in [-0.15, -0.1) is 33.4 Å². The molecule has 1 fully saturated rings. The van der Waals surface area contributed by atoms with Gasteiger partial charge in [-0.1, -0.05) is 72.4 Å². The third kappa shape index (κ3) is 3.81. The highest BCUT2D eigenvalue weighted by Crippen LogP contribution is 2.54. The van der Waals surface area contributed by atoms with Crippen LogP contribution in [0.5, 0.6) is 0 Å². The predicted molar refractivity (Wildman–Crippen MR) is 104 cm³/mol. The third-order valence-electron chi connectivity index (χ3n) is 4.13. The van der Waals surface area contributed by atoms with Crippen molar-refractivity contribution in [2.75, 3.05) is 5.75 Å². The first kappa shape index (κ1) is 16.8. The summed E-state index contributed by atoms with van der Waals surface area (Å²) >= 11 is 13.8. The van der Waals surface area contributed by atoms with Crippen LogP contribution in [0.4, 0.5) is 0 Å². The normalized spacial score (nSPS) is 18.1. The summed E-state index contributed by atoms with van der Waals surface area (Å²) in [6.07, 6.45) is 0.824. The van der Waals surface area contributed by atoms with E-state index in [4.69, 9.17) is 28.2 Å². The molecule has 2 aromatic carbocycles. The van der Waals surface area contributed by atoms with Crippen LogP contribution in [0.25, 0.3) is 22.5 Å². The Bertz CT molecular complexity index is 872. The van der Waals surface area contributed by atoms with Crippen LogP contribution in [-0.2, 0) is 0 Å². The van der Waals surface area contributed by atoms with Crippen molar-refractivity contribution in [2.24, 2.45) is 5.92 Å². The number of hydrogen-bond donors (Lipinski definition) is 0. The Labute approximate surface area is 160 Å². The van der Waals surface area contributed by atoms with E-state index in [1.54, 1.807) is 11.8 Å². The average molecular weight is 388 g/mol. The molecule has 0 bridgehead atoms. The minimum atomic E-state index is -0.577. The number of thioether (sulfide) groups is 1. The second-order valence-electron chi connectivity index (χ2n) is 6.00. The van der Waals surface area contributed by atoms with Crippen molar-refractivity contribution in [3.63, 3.8) is 0 Å². The SMILES string of the molecule is ClC1(Cl)CC1CSc1nnc(-c2ccccc2)c(-c2ccccc2)n1. The standard InChI is InChI=1S/C19H15Cl2N3S/c20-19(21)11-15(19)12-25-18-22-16(13-7-3-1-4-8-13)17(23-24-18)14-9-5-2-6-10-14/h1-10,15H,11-12H2. The molecule has 1 aliphatic rings. The molecule has 1 heterocycles. The molecule has 0 saturated heterocycles. The van der Waals surface area contributed by atoms with Crippen molar-refractivity contribution in [1.82, 2.24) is 15.2 Å². The van der Waals surface area contributed by atoms with E-state index in [1.165, 1.54) is 0 Å². The molecule has 0 radical (unpaired) electrons. The van der Waals surface area contributed by atoms with Crippen molar-refractivity contribution >= 4 is 35.0 Å². The molecule has 1 aromatic heterocycles. The van der Waals surface area contributed by atoms with Gasteiger partial charge in [-0.05, 0) is 6.42 Å². The first-order valence-electron chi connectivity index (χ1n) is 8.00. The lowest BCUT2D eigenvalue weighted by Gasteiger charge is -2.09. The van der Waals surface area contributed by atoms with E-state index in [2.05, 4.69) is 10.2 Å². The first-order chi connectivity index (χ1) is 12.1. The highest BCUT2D eigenvalue weighted by atomic mass is 35.5. The zero-order chi connectivity index (χ0) is 17.3. The highest BCUT2D eigenvalue weighted by Gasteiger charge is 2.51. The summed E-state index contributed by atoms with van der Waals surface area (Å²) in [7, 11) is 0. The number of rotatable bonds is 5. The first-order valence-corrected chi connectivity index (χ1v) is 9.74. The summed E-state index contributed by atoms with van der Waals surface area (Å²) < 4.78 is -0.577. The molecule has 0 amide bonds. The van der Waals surface area contributed by atoms with E-state index in [0.717, 1.165) is 34.7 Å². The fraction of sp³-hybridized carbons (Fsp3) is 0.211. The summed E-state index contributed by atoms with van der Waals surface area (Å²) in [5, 5.41) is 9.41. The lowest BCUT2D eigenvalue weighted by molar-refractivity contribution is 0.845. The van der Waals surface area contributed by atoms with Gasteiger partial charge in [0.25, 0.3) is 0 Å². The van der Waals surface area contributed by atoms with Gasteiger partial charge in [0, 0.05) is 22.8 Å². The summed E-state index contributed by atoms with van der Waals surface area (Å²) in [4.78, 5) is 4.77. The second kappa shape index (κ2) is 6.94. The molecule has 1 saturated carbocycles. The van der Waals surface area contributed by atoms with Gasteiger partial charge in [0.2, 0.25) is 5.16 Å². The number of benzene rings is 2. The molecular formula is C19H15Cl2N3S. The molecule has 3 aromatic rings. The highest BCUT2D eigenvalue weighted by molar-refractivity contribution is 7.99. The lowest BCUT2D eigenvalue weighted by Crippen LogP contribution is -2.01. The lowest BCUT2D eigenvalue weighted by atomic mass is 10.0. The molecule has 1 aliphatic carbocycles. The van der Waals surface area contributed by atoms with Crippen LogP contribution in [0.1, 0.15) is 6.42 Å². The van der Waals surface area contributed by atoms with E-state index in [0.29, 0.717) is 11.1 Å². The van der Waals surface area contributed by atoms with Crippen LogP contribution in [0, 0.1) is 5.92 Å². The van der Waals surface area contributed by atoms with Crippen molar-refractivity contribution in [3.05, 3.63) is 60.7 Å².